The first kappa shape index (κ1) is 10.7. The number of hydrogen-bond donors (Lipinski definition) is 2. The lowest BCUT2D eigenvalue weighted by Gasteiger charge is -2.30. The minimum Gasteiger partial charge on any atom is -0.383 e. The molecule has 6 heteroatoms. The lowest BCUT2D eigenvalue weighted by atomic mass is 10.3. The van der Waals surface area contributed by atoms with Gasteiger partial charge in [0.15, 0.2) is 0 Å². The number of aliphatic imine (C=N–C) groups is 1. The molecule has 1 heterocycles. The maximum Gasteiger partial charge on any atom is 0.138 e. The summed E-state index contributed by atoms with van der Waals surface area (Å²) in [4.78, 5) is 4.96. The van der Waals surface area contributed by atoms with Crippen molar-refractivity contribution in [2.24, 2.45) is 16.6 Å². The molecular formula is C7H13ClN4S. The van der Waals surface area contributed by atoms with Crippen LogP contribution in [0, 0.1) is 0 Å². The Balaban J connectivity index is 2.99. The SMILES string of the molecule is CCC1N=C(N)C(SC)=C(Cl)N1N. The van der Waals surface area contributed by atoms with Gasteiger partial charge in [0.05, 0.1) is 4.91 Å². The van der Waals surface area contributed by atoms with E-state index in [0.717, 1.165) is 11.3 Å². The van der Waals surface area contributed by atoms with Crippen molar-refractivity contribution in [1.82, 2.24) is 5.01 Å². The summed E-state index contributed by atoms with van der Waals surface area (Å²) in [5.41, 5.74) is 5.71. The zero-order valence-corrected chi connectivity index (χ0v) is 9.19. The van der Waals surface area contributed by atoms with Crippen LogP contribution >= 0.6 is 23.4 Å². The fourth-order valence-electron chi connectivity index (χ4n) is 1.11. The lowest BCUT2D eigenvalue weighted by Crippen LogP contribution is -2.43. The number of hydrogen-bond acceptors (Lipinski definition) is 5. The average Bonchev–Trinajstić information content (AvgIpc) is 2.12. The van der Waals surface area contributed by atoms with Crippen LogP contribution in [-0.4, -0.2) is 23.3 Å². The first-order chi connectivity index (χ1) is 6.11. The Morgan fingerprint density at radius 3 is 2.77 bits per heavy atom. The van der Waals surface area contributed by atoms with Crippen LogP contribution in [0.2, 0.25) is 0 Å². The van der Waals surface area contributed by atoms with Gasteiger partial charge in [0.25, 0.3) is 0 Å². The molecule has 1 aliphatic rings. The highest BCUT2D eigenvalue weighted by atomic mass is 35.5. The molecule has 0 spiro atoms. The Morgan fingerprint density at radius 2 is 2.31 bits per heavy atom. The lowest BCUT2D eigenvalue weighted by molar-refractivity contribution is 0.271. The summed E-state index contributed by atoms with van der Waals surface area (Å²) in [6.45, 7) is 1.98. The van der Waals surface area contributed by atoms with Crippen molar-refractivity contribution in [3.8, 4) is 0 Å². The van der Waals surface area contributed by atoms with E-state index in [0.29, 0.717) is 11.0 Å². The van der Waals surface area contributed by atoms with E-state index in [4.69, 9.17) is 23.2 Å². The topological polar surface area (TPSA) is 67.6 Å². The van der Waals surface area contributed by atoms with Gasteiger partial charge in [-0.05, 0) is 12.7 Å². The number of hydrazine groups is 1. The van der Waals surface area contributed by atoms with E-state index in [1.807, 2.05) is 13.2 Å². The molecule has 0 aromatic heterocycles. The molecule has 0 aromatic carbocycles. The zero-order chi connectivity index (χ0) is 10.0. The summed E-state index contributed by atoms with van der Waals surface area (Å²) in [7, 11) is 0. The van der Waals surface area contributed by atoms with Gasteiger partial charge >= 0.3 is 0 Å². The Hall–Kier alpha value is -0.390. The first-order valence-electron chi connectivity index (χ1n) is 3.93. The fraction of sp³-hybridized carbons (Fsp3) is 0.571. The maximum absolute atomic E-state index is 6.00. The third-order valence-corrected chi connectivity index (χ3v) is 3.13. The molecule has 4 nitrogen and oxygen atoms in total. The van der Waals surface area contributed by atoms with E-state index >= 15 is 0 Å². The summed E-state index contributed by atoms with van der Waals surface area (Å²) in [5.74, 6) is 6.21. The Kier molecular flexibility index (Phi) is 3.47. The Morgan fingerprint density at radius 1 is 1.69 bits per heavy atom. The first-order valence-corrected chi connectivity index (χ1v) is 5.53. The molecule has 0 bridgehead atoms. The van der Waals surface area contributed by atoms with Gasteiger partial charge < -0.3 is 5.73 Å². The second-order valence-corrected chi connectivity index (χ2v) is 3.81. The molecule has 4 N–H and O–H groups in total. The normalized spacial score (nSPS) is 23.5. The minimum absolute atomic E-state index is 0.136. The van der Waals surface area contributed by atoms with Crippen molar-refractivity contribution >= 4 is 29.2 Å². The number of amidine groups is 1. The summed E-state index contributed by atoms with van der Waals surface area (Å²) in [5, 5.41) is 1.93. The molecule has 0 saturated carbocycles. The molecule has 0 radical (unpaired) electrons. The van der Waals surface area contributed by atoms with Gasteiger partial charge in [0, 0.05) is 0 Å². The van der Waals surface area contributed by atoms with E-state index < -0.39 is 0 Å². The summed E-state index contributed by atoms with van der Waals surface area (Å²) < 4.78 is 0. The Bertz CT molecular complexity index is 263. The van der Waals surface area contributed by atoms with Crippen molar-refractivity contribution in [2.75, 3.05) is 6.26 Å². The number of thioether (sulfide) groups is 1. The predicted molar refractivity (Wildman–Crippen MR) is 58.1 cm³/mol. The van der Waals surface area contributed by atoms with Crippen LogP contribution in [0.15, 0.2) is 15.1 Å². The zero-order valence-electron chi connectivity index (χ0n) is 7.62. The molecule has 1 atom stereocenters. The van der Waals surface area contributed by atoms with Crippen LogP contribution < -0.4 is 11.6 Å². The second kappa shape index (κ2) is 4.21. The molecule has 1 rings (SSSR count). The van der Waals surface area contributed by atoms with Crippen LogP contribution in [-0.2, 0) is 0 Å². The summed E-state index contributed by atoms with van der Waals surface area (Å²) >= 11 is 7.45. The van der Waals surface area contributed by atoms with E-state index in [1.54, 1.807) is 0 Å². The summed E-state index contributed by atoms with van der Waals surface area (Å²) in [6.07, 6.45) is 2.54. The quantitative estimate of drug-likeness (QED) is 0.539. The predicted octanol–water partition coefficient (Wildman–Crippen LogP) is 1.04. The number of halogens is 1. The van der Waals surface area contributed by atoms with Gasteiger partial charge in [-0.1, -0.05) is 18.5 Å². The van der Waals surface area contributed by atoms with Gasteiger partial charge in [-0.25, -0.2) is 10.8 Å². The minimum atomic E-state index is -0.136. The summed E-state index contributed by atoms with van der Waals surface area (Å²) in [6, 6.07) is 0. The van der Waals surface area contributed by atoms with Crippen LogP contribution in [0.3, 0.4) is 0 Å². The highest BCUT2D eigenvalue weighted by Crippen LogP contribution is 2.27. The number of nitrogens with two attached hydrogens (primary N) is 2. The van der Waals surface area contributed by atoms with Crippen LogP contribution in [0.5, 0.6) is 0 Å². The fourth-order valence-corrected chi connectivity index (χ4v) is 2.09. The molecule has 1 aliphatic heterocycles. The standard InChI is InChI=1S/C7H13ClN4S/c1-3-4-11-7(9)5(13-2)6(8)12(4)10/h4H,3,10H2,1-2H3,(H2,9,11). The van der Waals surface area contributed by atoms with Crippen molar-refractivity contribution in [2.45, 2.75) is 19.5 Å². The monoisotopic (exact) mass is 220 g/mol. The largest absolute Gasteiger partial charge is 0.383 e. The van der Waals surface area contributed by atoms with E-state index in [9.17, 15) is 0 Å². The third kappa shape index (κ3) is 1.92. The molecule has 0 fully saturated rings. The van der Waals surface area contributed by atoms with Gasteiger partial charge in [-0.15, -0.1) is 11.8 Å². The maximum atomic E-state index is 6.00. The molecule has 1 unspecified atom stereocenters. The van der Waals surface area contributed by atoms with Crippen LogP contribution in [0.1, 0.15) is 13.3 Å². The van der Waals surface area contributed by atoms with Gasteiger partial charge in [-0.3, -0.25) is 5.01 Å². The van der Waals surface area contributed by atoms with Crippen molar-refractivity contribution in [3.63, 3.8) is 0 Å². The highest BCUT2D eigenvalue weighted by molar-refractivity contribution is 8.03. The molecule has 74 valence electrons. The van der Waals surface area contributed by atoms with Gasteiger partial charge in [-0.2, -0.15) is 0 Å². The molecular weight excluding hydrogens is 208 g/mol. The van der Waals surface area contributed by atoms with Crippen molar-refractivity contribution in [3.05, 3.63) is 10.1 Å². The Labute approximate surface area is 87.0 Å². The van der Waals surface area contributed by atoms with Crippen LogP contribution in [0.25, 0.3) is 0 Å². The average molecular weight is 221 g/mol. The second-order valence-electron chi connectivity index (χ2n) is 2.63. The molecule has 0 aromatic rings. The molecule has 0 amide bonds. The van der Waals surface area contributed by atoms with Gasteiger partial charge in [0.1, 0.15) is 17.2 Å². The van der Waals surface area contributed by atoms with E-state index in [1.165, 1.54) is 16.8 Å². The molecule has 0 aliphatic carbocycles. The number of nitrogens with zero attached hydrogens (tertiary/aromatic N) is 2. The van der Waals surface area contributed by atoms with Crippen molar-refractivity contribution in [1.29, 1.82) is 0 Å². The van der Waals surface area contributed by atoms with Crippen LogP contribution in [0.4, 0.5) is 0 Å². The van der Waals surface area contributed by atoms with E-state index in [2.05, 4.69) is 4.99 Å². The van der Waals surface area contributed by atoms with E-state index in [-0.39, 0.29) is 6.17 Å². The molecule has 0 saturated heterocycles. The van der Waals surface area contributed by atoms with Crippen molar-refractivity contribution < 1.29 is 0 Å². The van der Waals surface area contributed by atoms with Gasteiger partial charge in [0.2, 0.25) is 0 Å². The number of rotatable bonds is 2. The molecule has 13 heavy (non-hydrogen) atoms. The highest BCUT2D eigenvalue weighted by Gasteiger charge is 2.24. The smallest absolute Gasteiger partial charge is 0.138 e. The third-order valence-electron chi connectivity index (χ3n) is 1.83.